The number of aryl methyl sites for hydroxylation is 4. The largest absolute Gasteiger partial charge is 0.508 e. The first kappa shape index (κ1) is 77.8. The molecule has 23 nitrogen and oxygen atoms in total. The van der Waals surface area contributed by atoms with Gasteiger partial charge < -0.3 is 80.0 Å². The van der Waals surface area contributed by atoms with Crippen molar-refractivity contribution in [2.24, 2.45) is 0 Å². The number of carbonyl (C=O) groups is 4. The van der Waals surface area contributed by atoms with Crippen LogP contribution in [0.2, 0.25) is 0 Å². The number of ketones is 4. The molecule has 3 heterocycles. The molecule has 14 rings (SSSR count). The van der Waals surface area contributed by atoms with Gasteiger partial charge in [-0.05, 0) is 229 Å². The summed E-state index contributed by atoms with van der Waals surface area (Å²) in [5.41, 5.74) is 8.24. The summed E-state index contributed by atoms with van der Waals surface area (Å²) in [5, 5.41) is 125. The summed E-state index contributed by atoms with van der Waals surface area (Å²) in [6.45, 7) is 19.4. The highest BCUT2D eigenvalue weighted by atomic mass is 16.5. The van der Waals surface area contributed by atoms with E-state index in [-0.39, 0.29) is 148 Å². The summed E-state index contributed by atoms with van der Waals surface area (Å²) in [7, 11) is 0. The lowest BCUT2D eigenvalue weighted by atomic mass is 9.83. The number of hydrogen-bond donors (Lipinski definition) is 13. The Hall–Kier alpha value is -14.4. The number of aromatic hydroxyl groups is 12. The number of aliphatic hydroxyl groups excluding tert-OH is 1. The molecule has 1 aliphatic heterocycles. The molecule has 0 radical (unpaired) electrons. The lowest BCUT2D eigenvalue weighted by Gasteiger charge is -2.20. The molecule has 0 bridgehead atoms. The van der Waals surface area contributed by atoms with E-state index in [2.05, 4.69) is 4.85 Å². The van der Waals surface area contributed by atoms with Crippen molar-refractivity contribution >= 4 is 56.9 Å². The van der Waals surface area contributed by atoms with Crippen molar-refractivity contribution in [3.05, 3.63) is 298 Å². The maximum Gasteiger partial charge on any atom is 0.238 e. The number of aliphatic hydroxyl groups is 1. The highest BCUT2D eigenvalue weighted by Crippen LogP contribution is 2.40. The second-order valence-electron chi connectivity index (χ2n) is 25.2. The number of hydrogen-bond acceptors (Lipinski definition) is 22. The molecular weight excluding hydrogens is 1390 g/mol. The number of nitrogens with zero attached hydrogens (tertiary/aromatic N) is 1. The third kappa shape index (κ3) is 18.2. The van der Waals surface area contributed by atoms with Gasteiger partial charge in [0.1, 0.15) is 79.5 Å². The van der Waals surface area contributed by atoms with Crippen LogP contribution in [-0.2, 0) is 6.42 Å². The van der Waals surface area contributed by atoms with E-state index in [0.717, 1.165) is 57.7 Å². The van der Waals surface area contributed by atoms with E-state index in [0.29, 0.717) is 28.1 Å². The second kappa shape index (κ2) is 33.4. The summed E-state index contributed by atoms with van der Waals surface area (Å²) in [4.78, 5) is 74.7. The molecule has 0 fully saturated rings. The number of ether oxygens (including phenoxy) is 1. The zero-order chi connectivity index (χ0) is 78.7. The van der Waals surface area contributed by atoms with Gasteiger partial charge in [0.05, 0.1) is 23.8 Å². The van der Waals surface area contributed by atoms with Gasteiger partial charge in [0, 0.05) is 51.1 Å². The summed E-state index contributed by atoms with van der Waals surface area (Å²) in [6.07, 6.45) is 9.14. The Morgan fingerprint density at radius 2 is 1.08 bits per heavy atom. The van der Waals surface area contributed by atoms with Gasteiger partial charge in [-0.1, -0.05) is 48.1 Å². The summed E-state index contributed by atoms with van der Waals surface area (Å²) in [5.74, 6) is -1.93. The summed E-state index contributed by atoms with van der Waals surface area (Å²) in [6, 6.07) is 39.6. The first-order valence-electron chi connectivity index (χ1n) is 32.9. The predicted octanol–water partition coefficient (Wildman–Crippen LogP) is 15.6. The van der Waals surface area contributed by atoms with Crippen LogP contribution in [0.3, 0.4) is 0 Å². The Morgan fingerprint density at radius 3 is 1.69 bits per heavy atom. The topological polar surface area (TPSA) is 405 Å². The number of carbonyl (C=O) groups excluding carboxylic acids is 4. The van der Waals surface area contributed by atoms with Crippen LogP contribution < -0.4 is 15.6 Å². The van der Waals surface area contributed by atoms with Crippen LogP contribution in [0.5, 0.6) is 74.7 Å². The predicted molar refractivity (Wildman–Crippen MR) is 404 cm³/mol. The summed E-state index contributed by atoms with van der Waals surface area (Å²) >= 11 is 0. The van der Waals surface area contributed by atoms with Gasteiger partial charge in [0.15, 0.2) is 63.0 Å². The smallest absolute Gasteiger partial charge is 0.238 e. The maximum atomic E-state index is 12.5. The third-order valence-electron chi connectivity index (χ3n) is 16.7. The van der Waals surface area contributed by atoms with E-state index in [4.69, 9.17) is 25.2 Å². The van der Waals surface area contributed by atoms with Crippen LogP contribution in [0.1, 0.15) is 108 Å². The highest BCUT2D eigenvalue weighted by molar-refractivity contribution is 6.26. The standard InChI is InChI=1S/C17H18O4.C16H12O6.C16H12O5.C16H14O3.C10H9NO.C10H6O3/c1-9(2)4-6-12(18)11-8-14(20)16-13(19)7-5-10(3)15(16)17(11)21;1-7-4-11(19)13-12(5-7)22-16(15(21)14(13)20)8-2-3-9(17)10(18)6-8;1-8-4-12(19)16-13(20)7-14(21-15(16)5-8)9-2-3-10(17)11(18)6-9;1-10-8-13(18)9-16-14(10)6-7-15(19-16)11-2-4-12(17)5-3-11;1-8(11-2)7-9-3-5-10(12)6-4-9;11-7-4-5-9(13)10-6(7)2-1-3-8(10)12/h4-5,7-8,12,18-19H,6H2,1-3H3;2-6,17-19,21H,1H3;2-7,17-19H,1H3;2-5,7-9,17-18H,6H2,1H3;3-7,12H,1H3;1-5,12H/b;;;;8-7-;. The normalized spacial score (nSPS) is 12.6. The zero-order valence-electron chi connectivity index (χ0n) is 58.9. The fourth-order valence-corrected chi connectivity index (χ4v) is 11.3. The molecule has 13 N–H and O–H groups in total. The first-order valence-corrected chi connectivity index (χ1v) is 32.9. The van der Waals surface area contributed by atoms with E-state index in [1.165, 1.54) is 78.9 Å². The van der Waals surface area contributed by atoms with E-state index in [9.17, 15) is 90.0 Å². The Bertz CT molecular complexity index is 5740. The number of phenolic OH excluding ortho intramolecular Hbond substituents is 11. The van der Waals surface area contributed by atoms with Crippen LogP contribution in [-0.4, -0.2) is 95.6 Å². The van der Waals surface area contributed by atoms with Crippen LogP contribution in [0.4, 0.5) is 0 Å². The number of benzene rings is 9. The molecule has 1 unspecified atom stereocenters. The SMILES string of the molecule is CC(C)=CCC(O)C1=CC(=O)c2c(O)ccc(C)c2C1=O.Cc1cc(O)c2c(=O)c(O)c(-c3ccc(O)c(O)c3)oc2c1.Cc1cc(O)c2c(=O)cc(-c3ccc(O)c(O)c3)oc2c1.Cc1cc(O)cc2c1CC=C(c1ccc(O)cc1)O2.O=C1C=CC(=O)c2c(O)cccc21.[C-]#[N+]/C(C)=C\c1ccc(O)cc1. The Kier molecular flexibility index (Phi) is 24.0. The maximum absolute atomic E-state index is 12.5. The molecule has 0 saturated heterocycles. The first-order chi connectivity index (χ1) is 51.2. The fourth-order valence-electron chi connectivity index (χ4n) is 11.3. The van der Waals surface area contributed by atoms with E-state index < -0.39 is 34.6 Å². The van der Waals surface area contributed by atoms with Gasteiger partial charge >= 0.3 is 0 Å². The van der Waals surface area contributed by atoms with Crippen molar-refractivity contribution in [3.63, 3.8) is 0 Å². The molecule has 23 heteroatoms. The lowest BCUT2D eigenvalue weighted by Crippen LogP contribution is -2.25. The molecule has 1 atom stereocenters. The monoisotopic (exact) mass is 1460 g/mol. The average Bonchev–Trinajstić information content (AvgIpc) is 0.772. The van der Waals surface area contributed by atoms with Crippen molar-refractivity contribution in [2.45, 2.75) is 67.4 Å². The van der Waals surface area contributed by atoms with Crippen molar-refractivity contribution in [3.8, 4) is 97.4 Å². The molecule has 2 aromatic heterocycles. The molecule has 0 saturated carbocycles. The van der Waals surface area contributed by atoms with E-state index >= 15 is 0 Å². The van der Waals surface area contributed by atoms with Crippen molar-refractivity contribution in [1.29, 1.82) is 0 Å². The van der Waals surface area contributed by atoms with Gasteiger partial charge in [-0.25, -0.2) is 4.85 Å². The quantitative estimate of drug-likeness (QED) is 0.0400. The molecule has 3 aliphatic rings. The molecule has 548 valence electrons. The molecule has 108 heavy (non-hydrogen) atoms. The zero-order valence-corrected chi connectivity index (χ0v) is 58.9. The van der Waals surface area contributed by atoms with Crippen LogP contribution in [0, 0.1) is 34.3 Å². The summed E-state index contributed by atoms with van der Waals surface area (Å²) < 4.78 is 17.0. The van der Waals surface area contributed by atoms with Crippen LogP contribution >= 0.6 is 0 Å². The third-order valence-corrected chi connectivity index (χ3v) is 16.7. The molecule has 0 amide bonds. The molecule has 2 aliphatic carbocycles. The lowest BCUT2D eigenvalue weighted by molar-refractivity contribution is 0.0945. The molecule has 9 aromatic carbocycles. The van der Waals surface area contributed by atoms with Gasteiger partial charge in [0.25, 0.3) is 0 Å². The van der Waals surface area contributed by atoms with E-state index in [1.807, 2.05) is 45.1 Å². The van der Waals surface area contributed by atoms with Gasteiger partial charge in [-0.15, -0.1) is 0 Å². The molecule has 0 spiro atoms. The number of allylic oxidation sites excluding steroid dienone is 6. The van der Waals surface area contributed by atoms with Gasteiger partial charge in [-0.3, -0.25) is 28.8 Å². The van der Waals surface area contributed by atoms with Crippen LogP contribution in [0.15, 0.2) is 223 Å². The van der Waals surface area contributed by atoms with Crippen molar-refractivity contribution in [2.75, 3.05) is 0 Å². The van der Waals surface area contributed by atoms with Gasteiger partial charge in [0.2, 0.25) is 11.2 Å². The highest BCUT2D eigenvalue weighted by Gasteiger charge is 2.33. The Morgan fingerprint density at radius 1 is 0.519 bits per heavy atom. The number of phenols is 11. The number of Topliss-reactive ketones (excluding diaryl/α,β-unsaturated/α-hetero) is 1. The fraction of sp³-hybridized carbons (Fsp3) is 0.118. The van der Waals surface area contributed by atoms with Crippen molar-refractivity contribution in [1.82, 2.24) is 0 Å². The minimum absolute atomic E-state index is 0.0261. The minimum atomic E-state index is -1.02. The second-order valence-corrected chi connectivity index (χ2v) is 25.2. The van der Waals surface area contributed by atoms with Crippen molar-refractivity contribution < 1.29 is 99.1 Å². The number of rotatable bonds is 7. The molecular formula is C85H71NO22. The Labute approximate surface area is 616 Å². The minimum Gasteiger partial charge on any atom is -0.508 e. The van der Waals surface area contributed by atoms with E-state index in [1.54, 1.807) is 107 Å². The van der Waals surface area contributed by atoms with Gasteiger partial charge in [-0.2, -0.15) is 0 Å². The molecule has 11 aromatic rings. The van der Waals surface area contributed by atoms with Crippen LogP contribution in [0.25, 0.3) is 61.3 Å². The average molecular weight is 1460 g/mol. The number of fused-ring (bicyclic) bond motifs is 5. The Balaban J connectivity index is 0.000000151.